The molecule has 0 aliphatic rings. The summed E-state index contributed by atoms with van der Waals surface area (Å²) in [6.45, 7) is 2.90. The molecule has 1 N–H and O–H groups in total. The maximum absolute atomic E-state index is 11.7. The molecule has 0 radical (unpaired) electrons. The molecule has 0 aliphatic carbocycles. The number of aliphatic carboxylic acids is 1. The van der Waals surface area contributed by atoms with E-state index >= 15 is 0 Å². The van der Waals surface area contributed by atoms with Crippen molar-refractivity contribution >= 4 is 16.7 Å². The smallest absolute Gasteiger partial charge is 0.325 e. The molecule has 1 unspecified atom stereocenters. The van der Waals surface area contributed by atoms with Crippen molar-refractivity contribution in [3.8, 4) is 0 Å². The maximum Gasteiger partial charge on any atom is 0.325 e. The van der Waals surface area contributed by atoms with Crippen molar-refractivity contribution in [2.75, 3.05) is 13.6 Å². The van der Waals surface area contributed by atoms with E-state index in [4.69, 9.17) is 0 Å². The largest absolute Gasteiger partial charge is 0.480 e. The highest BCUT2D eigenvalue weighted by molar-refractivity contribution is 5.90. The molecule has 2 rings (SSSR count). The van der Waals surface area contributed by atoms with E-state index in [1.807, 2.05) is 54.4 Å². The molecule has 0 aromatic heterocycles. The zero-order valence-corrected chi connectivity index (χ0v) is 12.0. The number of hydrogen-bond donors (Lipinski definition) is 1. The molecule has 20 heavy (non-hydrogen) atoms. The average molecular weight is 271 g/mol. The van der Waals surface area contributed by atoms with Crippen molar-refractivity contribution in [3.05, 3.63) is 48.0 Å². The normalized spacial score (nSPS) is 12.8. The van der Waals surface area contributed by atoms with Gasteiger partial charge in [0.1, 0.15) is 6.04 Å². The number of nitrogens with zero attached hydrogens (tertiary/aromatic N) is 1. The Bertz CT molecular complexity index is 589. The Morgan fingerprint density at radius 1 is 1.20 bits per heavy atom. The fourth-order valence-electron chi connectivity index (χ4n) is 2.58. The summed E-state index contributed by atoms with van der Waals surface area (Å²) in [5.74, 6) is -0.792. The van der Waals surface area contributed by atoms with Crippen molar-refractivity contribution in [2.24, 2.45) is 0 Å². The average Bonchev–Trinajstić information content (AvgIpc) is 2.45. The summed E-state index contributed by atoms with van der Waals surface area (Å²) in [7, 11) is 1.89. The highest BCUT2D eigenvalue weighted by Crippen LogP contribution is 2.28. The van der Waals surface area contributed by atoms with Gasteiger partial charge in [-0.3, -0.25) is 9.69 Å². The van der Waals surface area contributed by atoms with E-state index in [1.165, 1.54) is 0 Å². The predicted octanol–water partition coefficient (Wildman–Crippen LogP) is 3.70. The zero-order chi connectivity index (χ0) is 14.5. The van der Waals surface area contributed by atoms with Crippen LogP contribution in [0.4, 0.5) is 0 Å². The van der Waals surface area contributed by atoms with Crippen LogP contribution >= 0.6 is 0 Å². The van der Waals surface area contributed by atoms with Gasteiger partial charge in [-0.15, -0.1) is 0 Å². The quantitative estimate of drug-likeness (QED) is 0.871. The van der Waals surface area contributed by atoms with Gasteiger partial charge in [0.15, 0.2) is 0 Å². The van der Waals surface area contributed by atoms with Crippen LogP contribution in [0.5, 0.6) is 0 Å². The number of carbonyl (C=O) groups is 1. The number of carboxylic acids is 1. The first-order chi connectivity index (χ1) is 9.65. The molecular weight excluding hydrogens is 250 g/mol. The summed E-state index contributed by atoms with van der Waals surface area (Å²) in [5, 5.41) is 11.7. The zero-order valence-electron chi connectivity index (χ0n) is 12.0. The molecule has 2 aromatic rings. The highest BCUT2D eigenvalue weighted by atomic mass is 16.4. The number of rotatable bonds is 6. The van der Waals surface area contributed by atoms with Crippen LogP contribution in [-0.2, 0) is 4.79 Å². The Labute approximate surface area is 119 Å². The van der Waals surface area contributed by atoms with Gasteiger partial charge in [0.05, 0.1) is 0 Å². The van der Waals surface area contributed by atoms with Crippen molar-refractivity contribution in [2.45, 2.75) is 25.8 Å². The summed E-state index contributed by atoms with van der Waals surface area (Å²) in [4.78, 5) is 13.6. The minimum absolute atomic E-state index is 0.590. The minimum Gasteiger partial charge on any atom is -0.480 e. The van der Waals surface area contributed by atoms with E-state index < -0.39 is 12.0 Å². The predicted molar refractivity (Wildman–Crippen MR) is 81.9 cm³/mol. The van der Waals surface area contributed by atoms with E-state index in [1.54, 1.807) is 0 Å². The lowest BCUT2D eigenvalue weighted by Crippen LogP contribution is -2.31. The highest BCUT2D eigenvalue weighted by Gasteiger charge is 2.25. The molecule has 0 spiro atoms. The van der Waals surface area contributed by atoms with Gasteiger partial charge in [-0.05, 0) is 36.3 Å². The van der Waals surface area contributed by atoms with Crippen LogP contribution in [0.1, 0.15) is 31.4 Å². The number of benzene rings is 2. The molecule has 0 amide bonds. The van der Waals surface area contributed by atoms with E-state index in [0.717, 1.165) is 35.7 Å². The summed E-state index contributed by atoms with van der Waals surface area (Å²) in [6.07, 6.45) is 2.07. The Kier molecular flexibility index (Phi) is 4.74. The number of likely N-dealkylation sites (N-methyl/N-ethyl adjacent to an activating group) is 1. The third-order valence-corrected chi connectivity index (χ3v) is 3.66. The molecule has 3 heteroatoms. The van der Waals surface area contributed by atoms with E-state index in [-0.39, 0.29) is 0 Å². The van der Waals surface area contributed by atoms with Crippen LogP contribution in [-0.4, -0.2) is 29.6 Å². The summed E-state index contributed by atoms with van der Waals surface area (Å²) in [6, 6.07) is 13.2. The first-order valence-corrected chi connectivity index (χ1v) is 7.06. The molecule has 1 atom stereocenters. The molecule has 106 valence electrons. The van der Waals surface area contributed by atoms with Crippen molar-refractivity contribution in [1.29, 1.82) is 0 Å². The summed E-state index contributed by atoms with van der Waals surface area (Å²) < 4.78 is 0. The fraction of sp³-hybridized carbons (Fsp3) is 0.353. The van der Waals surface area contributed by atoms with E-state index in [2.05, 4.69) is 6.92 Å². The first-order valence-electron chi connectivity index (χ1n) is 7.06. The van der Waals surface area contributed by atoms with Crippen molar-refractivity contribution in [1.82, 2.24) is 4.90 Å². The van der Waals surface area contributed by atoms with Gasteiger partial charge in [-0.25, -0.2) is 0 Å². The molecule has 0 fully saturated rings. The third kappa shape index (κ3) is 2.99. The Morgan fingerprint density at radius 3 is 2.60 bits per heavy atom. The first kappa shape index (κ1) is 14.5. The van der Waals surface area contributed by atoms with Crippen molar-refractivity contribution in [3.63, 3.8) is 0 Å². The second kappa shape index (κ2) is 6.53. The molecule has 0 aliphatic heterocycles. The Morgan fingerprint density at radius 2 is 1.90 bits per heavy atom. The molecule has 0 bridgehead atoms. The van der Waals surface area contributed by atoms with Gasteiger partial charge in [0, 0.05) is 0 Å². The monoisotopic (exact) mass is 271 g/mol. The summed E-state index contributed by atoms with van der Waals surface area (Å²) >= 11 is 0. The lowest BCUT2D eigenvalue weighted by molar-refractivity contribution is -0.143. The van der Waals surface area contributed by atoms with E-state index in [9.17, 15) is 9.90 Å². The van der Waals surface area contributed by atoms with Crippen LogP contribution in [0.15, 0.2) is 42.5 Å². The van der Waals surface area contributed by atoms with Gasteiger partial charge in [-0.1, -0.05) is 55.8 Å². The number of unbranched alkanes of at least 4 members (excludes halogenated alkanes) is 1. The number of hydrogen-bond acceptors (Lipinski definition) is 2. The molecular formula is C17H21NO2. The van der Waals surface area contributed by atoms with Crippen LogP contribution in [0.2, 0.25) is 0 Å². The lowest BCUT2D eigenvalue weighted by atomic mass is 9.97. The van der Waals surface area contributed by atoms with Gasteiger partial charge in [0.25, 0.3) is 0 Å². The molecule has 0 saturated carbocycles. The van der Waals surface area contributed by atoms with Crippen LogP contribution < -0.4 is 0 Å². The Balaban J connectivity index is 2.44. The van der Waals surface area contributed by atoms with Crippen LogP contribution in [0, 0.1) is 0 Å². The van der Waals surface area contributed by atoms with Gasteiger partial charge >= 0.3 is 5.97 Å². The second-order valence-electron chi connectivity index (χ2n) is 5.14. The minimum atomic E-state index is -0.792. The summed E-state index contributed by atoms with van der Waals surface area (Å²) in [5.41, 5.74) is 0.870. The Hall–Kier alpha value is -1.87. The van der Waals surface area contributed by atoms with Crippen LogP contribution in [0.25, 0.3) is 10.8 Å². The van der Waals surface area contributed by atoms with Gasteiger partial charge in [-0.2, -0.15) is 0 Å². The molecule has 0 saturated heterocycles. The third-order valence-electron chi connectivity index (χ3n) is 3.66. The molecule has 3 nitrogen and oxygen atoms in total. The van der Waals surface area contributed by atoms with Crippen LogP contribution in [0.3, 0.4) is 0 Å². The second-order valence-corrected chi connectivity index (χ2v) is 5.14. The van der Waals surface area contributed by atoms with E-state index in [0.29, 0.717) is 0 Å². The number of fused-ring (bicyclic) bond motifs is 1. The standard InChI is InChI=1S/C17H21NO2/c1-3-4-12-18(2)16(17(19)20)15-11-7-9-13-8-5-6-10-14(13)15/h5-11,16H,3-4,12H2,1-2H3,(H,19,20). The maximum atomic E-state index is 11.7. The van der Waals surface area contributed by atoms with Gasteiger partial charge in [0.2, 0.25) is 0 Å². The van der Waals surface area contributed by atoms with Gasteiger partial charge < -0.3 is 5.11 Å². The lowest BCUT2D eigenvalue weighted by Gasteiger charge is -2.25. The topological polar surface area (TPSA) is 40.5 Å². The molecule has 2 aromatic carbocycles. The SMILES string of the molecule is CCCCN(C)C(C(=O)O)c1cccc2ccccc12. The van der Waals surface area contributed by atoms with Crippen molar-refractivity contribution < 1.29 is 9.90 Å². The molecule has 0 heterocycles. The number of carboxylic acid groups (broad SMARTS) is 1. The fourth-order valence-corrected chi connectivity index (χ4v) is 2.58.